The molecule has 15 heavy (non-hydrogen) atoms. The maximum atomic E-state index is 5.66. The first-order valence-corrected chi connectivity index (χ1v) is 5.76. The van der Waals surface area contributed by atoms with Gasteiger partial charge in [-0.3, -0.25) is 0 Å². The Balaban J connectivity index is 2.37. The summed E-state index contributed by atoms with van der Waals surface area (Å²) in [4.78, 5) is 0. The maximum absolute atomic E-state index is 5.66. The van der Waals surface area contributed by atoms with E-state index in [9.17, 15) is 0 Å². The normalized spacial score (nSPS) is 10.3. The number of thiol groups is 1. The molecule has 0 unspecified atom stereocenters. The Morgan fingerprint density at radius 1 is 1.07 bits per heavy atom. The van der Waals surface area contributed by atoms with Crippen LogP contribution in [0.25, 0.3) is 0 Å². The van der Waals surface area contributed by atoms with Crippen molar-refractivity contribution in [2.75, 3.05) is 25.6 Å². The summed E-state index contributed by atoms with van der Waals surface area (Å²) in [5.41, 5.74) is 2.34. The van der Waals surface area contributed by atoms with Gasteiger partial charge in [-0.05, 0) is 25.0 Å². The van der Waals surface area contributed by atoms with Crippen molar-refractivity contribution in [2.45, 2.75) is 13.8 Å². The molecule has 1 rings (SSSR count). The van der Waals surface area contributed by atoms with Crippen LogP contribution < -0.4 is 4.74 Å². The average molecular weight is 226 g/mol. The molecule has 0 aliphatic rings. The smallest absolute Gasteiger partial charge is 0.125 e. The third kappa shape index (κ3) is 4.14. The molecule has 0 radical (unpaired) electrons. The fraction of sp³-hybridized carbons (Fsp3) is 0.500. The molecule has 0 spiro atoms. The Kier molecular flexibility index (Phi) is 5.58. The van der Waals surface area contributed by atoms with Gasteiger partial charge in [0.2, 0.25) is 0 Å². The fourth-order valence-electron chi connectivity index (χ4n) is 1.40. The van der Waals surface area contributed by atoms with E-state index in [2.05, 4.69) is 38.6 Å². The van der Waals surface area contributed by atoms with Crippen LogP contribution in [0.15, 0.2) is 18.2 Å². The van der Waals surface area contributed by atoms with Gasteiger partial charge < -0.3 is 9.47 Å². The molecule has 0 aliphatic heterocycles. The average Bonchev–Trinajstić information content (AvgIpc) is 2.21. The second-order valence-electron chi connectivity index (χ2n) is 3.41. The van der Waals surface area contributed by atoms with Crippen molar-refractivity contribution in [3.63, 3.8) is 0 Å². The summed E-state index contributed by atoms with van der Waals surface area (Å²) in [6.45, 7) is 6.00. The molecule has 0 aromatic heterocycles. The summed E-state index contributed by atoms with van der Waals surface area (Å²) in [7, 11) is 0. The van der Waals surface area contributed by atoms with E-state index in [1.54, 1.807) is 0 Å². The number of rotatable bonds is 6. The predicted octanol–water partition coefficient (Wildman–Crippen LogP) is 2.63. The molecule has 3 heteroatoms. The van der Waals surface area contributed by atoms with Crippen molar-refractivity contribution in [3.8, 4) is 5.75 Å². The molecule has 84 valence electrons. The predicted molar refractivity (Wildman–Crippen MR) is 66.1 cm³/mol. The highest BCUT2D eigenvalue weighted by Gasteiger charge is 2.02. The number of hydrogen-bond donors (Lipinski definition) is 1. The number of hydrogen-bond acceptors (Lipinski definition) is 3. The monoisotopic (exact) mass is 226 g/mol. The summed E-state index contributed by atoms with van der Waals surface area (Å²) in [6, 6.07) is 6.14. The summed E-state index contributed by atoms with van der Waals surface area (Å²) in [5, 5.41) is 0. The zero-order valence-corrected chi connectivity index (χ0v) is 10.2. The molecule has 0 N–H and O–H groups in total. The molecule has 0 bridgehead atoms. The fourth-order valence-corrected chi connectivity index (χ4v) is 1.53. The van der Waals surface area contributed by atoms with Crippen LogP contribution in [-0.2, 0) is 4.74 Å². The van der Waals surface area contributed by atoms with Gasteiger partial charge in [0.05, 0.1) is 13.2 Å². The van der Waals surface area contributed by atoms with Crippen LogP contribution >= 0.6 is 12.6 Å². The number of benzene rings is 1. The largest absolute Gasteiger partial charge is 0.491 e. The third-order valence-corrected chi connectivity index (χ3v) is 2.30. The first-order valence-electron chi connectivity index (χ1n) is 5.13. The van der Waals surface area contributed by atoms with E-state index < -0.39 is 0 Å². The van der Waals surface area contributed by atoms with Crippen molar-refractivity contribution in [3.05, 3.63) is 29.3 Å². The lowest BCUT2D eigenvalue weighted by Gasteiger charge is -2.11. The standard InChI is InChI=1S/C12H18O2S/c1-10-4-3-5-11(2)12(10)14-7-6-13-8-9-15/h3-5,15H,6-9H2,1-2H3. The molecule has 2 nitrogen and oxygen atoms in total. The van der Waals surface area contributed by atoms with Crippen LogP contribution in [0.2, 0.25) is 0 Å². The molecule has 0 fully saturated rings. The Hall–Kier alpha value is -0.670. The van der Waals surface area contributed by atoms with E-state index >= 15 is 0 Å². The summed E-state index contributed by atoms with van der Waals surface area (Å²) in [5.74, 6) is 1.73. The Morgan fingerprint density at radius 2 is 1.73 bits per heavy atom. The van der Waals surface area contributed by atoms with E-state index in [1.807, 2.05) is 6.07 Å². The Labute approximate surface area is 97.0 Å². The first kappa shape index (κ1) is 12.4. The lowest BCUT2D eigenvalue weighted by atomic mass is 10.1. The van der Waals surface area contributed by atoms with Crippen molar-refractivity contribution in [1.82, 2.24) is 0 Å². The minimum absolute atomic E-state index is 0.597. The van der Waals surface area contributed by atoms with E-state index in [4.69, 9.17) is 9.47 Å². The highest BCUT2D eigenvalue weighted by molar-refractivity contribution is 7.80. The SMILES string of the molecule is Cc1cccc(C)c1OCCOCCS. The van der Waals surface area contributed by atoms with Gasteiger partial charge in [0.25, 0.3) is 0 Å². The second-order valence-corrected chi connectivity index (χ2v) is 3.85. The van der Waals surface area contributed by atoms with Crippen molar-refractivity contribution in [2.24, 2.45) is 0 Å². The highest BCUT2D eigenvalue weighted by atomic mass is 32.1. The molecular formula is C12H18O2S. The lowest BCUT2D eigenvalue weighted by molar-refractivity contribution is 0.111. The summed E-state index contributed by atoms with van der Waals surface area (Å²) >= 11 is 4.06. The van der Waals surface area contributed by atoms with Gasteiger partial charge in [0.15, 0.2) is 0 Å². The van der Waals surface area contributed by atoms with Gasteiger partial charge in [-0.2, -0.15) is 12.6 Å². The zero-order valence-electron chi connectivity index (χ0n) is 9.32. The van der Waals surface area contributed by atoms with Gasteiger partial charge in [0.1, 0.15) is 12.4 Å². The van der Waals surface area contributed by atoms with Crippen LogP contribution in [-0.4, -0.2) is 25.6 Å². The quantitative estimate of drug-likeness (QED) is 0.594. The minimum Gasteiger partial charge on any atom is -0.491 e. The van der Waals surface area contributed by atoms with Crippen molar-refractivity contribution < 1.29 is 9.47 Å². The molecule has 0 amide bonds. The van der Waals surface area contributed by atoms with E-state index in [-0.39, 0.29) is 0 Å². The number of aryl methyl sites for hydroxylation is 2. The molecule has 1 aromatic carbocycles. The van der Waals surface area contributed by atoms with Gasteiger partial charge in [-0.25, -0.2) is 0 Å². The van der Waals surface area contributed by atoms with Crippen molar-refractivity contribution in [1.29, 1.82) is 0 Å². The van der Waals surface area contributed by atoms with Crippen LogP contribution in [0.1, 0.15) is 11.1 Å². The van der Waals surface area contributed by atoms with Crippen LogP contribution in [0.4, 0.5) is 0 Å². The topological polar surface area (TPSA) is 18.5 Å². The molecule has 0 saturated carbocycles. The van der Waals surface area contributed by atoms with E-state index in [1.165, 1.54) is 11.1 Å². The Morgan fingerprint density at radius 3 is 2.33 bits per heavy atom. The summed E-state index contributed by atoms with van der Waals surface area (Å²) < 4.78 is 10.9. The molecular weight excluding hydrogens is 208 g/mol. The molecule has 0 saturated heterocycles. The minimum atomic E-state index is 0.597. The number of para-hydroxylation sites is 1. The van der Waals surface area contributed by atoms with Crippen LogP contribution in [0, 0.1) is 13.8 Å². The first-order chi connectivity index (χ1) is 7.25. The highest BCUT2D eigenvalue weighted by Crippen LogP contribution is 2.21. The molecule has 0 atom stereocenters. The van der Waals surface area contributed by atoms with E-state index in [0.717, 1.165) is 11.5 Å². The van der Waals surface area contributed by atoms with Crippen LogP contribution in [0.3, 0.4) is 0 Å². The van der Waals surface area contributed by atoms with Gasteiger partial charge in [0, 0.05) is 5.75 Å². The molecule has 0 heterocycles. The summed E-state index contributed by atoms with van der Waals surface area (Å²) in [6.07, 6.45) is 0. The molecule has 1 aromatic rings. The number of ether oxygens (including phenoxy) is 2. The zero-order chi connectivity index (χ0) is 11.1. The third-order valence-electron chi connectivity index (χ3n) is 2.12. The van der Waals surface area contributed by atoms with Crippen LogP contribution in [0.5, 0.6) is 5.75 Å². The molecule has 0 aliphatic carbocycles. The lowest BCUT2D eigenvalue weighted by Crippen LogP contribution is -2.09. The van der Waals surface area contributed by atoms with Crippen molar-refractivity contribution >= 4 is 12.6 Å². The van der Waals surface area contributed by atoms with Gasteiger partial charge >= 0.3 is 0 Å². The maximum Gasteiger partial charge on any atom is 0.125 e. The van der Waals surface area contributed by atoms with Gasteiger partial charge in [-0.1, -0.05) is 18.2 Å². The van der Waals surface area contributed by atoms with Gasteiger partial charge in [-0.15, -0.1) is 0 Å². The Bertz CT molecular complexity index is 279. The second kappa shape index (κ2) is 6.75. The van der Waals surface area contributed by atoms with E-state index in [0.29, 0.717) is 19.8 Å².